The van der Waals surface area contributed by atoms with Gasteiger partial charge in [-0.3, -0.25) is 9.59 Å². The lowest BCUT2D eigenvalue weighted by Crippen LogP contribution is -2.44. The van der Waals surface area contributed by atoms with Crippen LogP contribution in [0.3, 0.4) is 0 Å². The molecule has 1 aliphatic carbocycles. The number of carbonyl (C=O) groups is 2. The van der Waals surface area contributed by atoms with E-state index in [1.54, 1.807) is 0 Å². The molecule has 4 nitrogen and oxygen atoms in total. The summed E-state index contributed by atoms with van der Waals surface area (Å²) in [5, 5.41) is 5.69. The molecule has 0 unspecified atom stereocenters. The topological polar surface area (TPSA) is 49.7 Å². The number of benzene rings is 1. The number of rotatable bonds is 4. The van der Waals surface area contributed by atoms with E-state index in [0.29, 0.717) is 11.5 Å². The third-order valence-electron chi connectivity index (χ3n) is 5.58. The van der Waals surface area contributed by atoms with Crippen LogP contribution in [0.1, 0.15) is 56.3 Å². The number of carbonyl (C=O) groups excluding carboxylic acids is 2. The van der Waals surface area contributed by atoms with Gasteiger partial charge in [-0.25, -0.2) is 9.40 Å². The van der Waals surface area contributed by atoms with Crippen LogP contribution in [0.4, 0.5) is 4.39 Å². The normalized spacial score (nSPS) is 25.0. The molecule has 0 radical (unpaired) electrons. The van der Waals surface area contributed by atoms with Crippen molar-refractivity contribution in [3.63, 3.8) is 0 Å². The number of nitrogens with zero attached hydrogens (tertiary/aromatic N) is 2. The summed E-state index contributed by atoms with van der Waals surface area (Å²) in [6.07, 6.45) is 5.60. The lowest BCUT2D eigenvalue weighted by Gasteiger charge is -2.35. The highest BCUT2D eigenvalue weighted by Crippen LogP contribution is 2.43. The second-order valence-corrected chi connectivity index (χ2v) is 7.02. The summed E-state index contributed by atoms with van der Waals surface area (Å²) in [7, 11) is 0. The first-order valence-electron chi connectivity index (χ1n) is 8.59. The maximum atomic E-state index is 13.0. The number of ketones is 1. The van der Waals surface area contributed by atoms with Crippen molar-refractivity contribution in [1.82, 2.24) is 5.01 Å². The Morgan fingerprint density at radius 2 is 1.88 bits per heavy atom. The van der Waals surface area contributed by atoms with Crippen LogP contribution >= 0.6 is 0 Å². The summed E-state index contributed by atoms with van der Waals surface area (Å²) in [6, 6.07) is 5.38. The molecule has 1 aliphatic heterocycles. The van der Waals surface area contributed by atoms with E-state index < -0.39 is 5.41 Å². The SMILES string of the molecule is CC1=NN(CC(=O)c2ccc(F)cc2)C(=O)[C@@]1(C)C1CCCCC1. The van der Waals surface area contributed by atoms with Crippen LogP contribution in [0, 0.1) is 17.2 Å². The summed E-state index contributed by atoms with van der Waals surface area (Å²) in [5.41, 5.74) is 0.596. The minimum Gasteiger partial charge on any atom is -0.292 e. The number of hydrogen-bond acceptors (Lipinski definition) is 3. The monoisotopic (exact) mass is 330 g/mol. The zero-order valence-corrected chi connectivity index (χ0v) is 14.2. The first kappa shape index (κ1) is 16.8. The molecule has 3 rings (SSSR count). The standard InChI is InChI=1S/C19H23FN2O2/c1-13-19(2,15-6-4-3-5-7-15)18(24)22(21-13)12-17(23)14-8-10-16(20)11-9-14/h8-11,15H,3-7,12H2,1-2H3/t19-/m1/s1. The van der Waals surface area contributed by atoms with Gasteiger partial charge in [0.1, 0.15) is 12.4 Å². The molecule has 128 valence electrons. The van der Waals surface area contributed by atoms with E-state index in [1.165, 1.54) is 35.7 Å². The smallest absolute Gasteiger partial charge is 0.255 e. The molecule has 1 amide bonds. The Morgan fingerprint density at radius 3 is 2.50 bits per heavy atom. The lowest BCUT2D eigenvalue weighted by atomic mass is 9.67. The molecule has 1 atom stereocenters. The second-order valence-electron chi connectivity index (χ2n) is 7.02. The minimum absolute atomic E-state index is 0.0811. The van der Waals surface area contributed by atoms with Gasteiger partial charge in [0.15, 0.2) is 5.78 Å². The van der Waals surface area contributed by atoms with E-state index in [4.69, 9.17) is 0 Å². The van der Waals surface area contributed by atoms with Gasteiger partial charge in [0.05, 0.1) is 11.1 Å². The van der Waals surface area contributed by atoms with Crippen LogP contribution < -0.4 is 0 Å². The summed E-state index contributed by atoms with van der Waals surface area (Å²) in [6.45, 7) is 3.76. The fraction of sp³-hybridized carbons (Fsp3) is 0.526. The quantitative estimate of drug-likeness (QED) is 0.788. The number of halogens is 1. The average Bonchev–Trinajstić information content (AvgIpc) is 2.81. The first-order valence-corrected chi connectivity index (χ1v) is 8.59. The Hall–Kier alpha value is -2.04. The summed E-state index contributed by atoms with van der Waals surface area (Å²) in [4.78, 5) is 25.3. The fourth-order valence-corrected chi connectivity index (χ4v) is 3.87. The van der Waals surface area contributed by atoms with Crippen LogP contribution in [-0.2, 0) is 4.79 Å². The number of hydrogen-bond donors (Lipinski definition) is 0. The lowest BCUT2D eigenvalue weighted by molar-refractivity contribution is -0.137. The van der Waals surface area contributed by atoms with Crippen LogP contribution in [-0.4, -0.2) is 29.0 Å². The highest BCUT2D eigenvalue weighted by Gasteiger charge is 2.50. The zero-order valence-electron chi connectivity index (χ0n) is 14.2. The van der Waals surface area contributed by atoms with Crippen LogP contribution in [0.25, 0.3) is 0 Å². The molecule has 0 bridgehead atoms. The van der Waals surface area contributed by atoms with Crippen molar-refractivity contribution < 1.29 is 14.0 Å². The van der Waals surface area contributed by atoms with Crippen molar-refractivity contribution in [2.45, 2.75) is 46.0 Å². The predicted octanol–water partition coefficient (Wildman–Crippen LogP) is 3.81. The molecule has 24 heavy (non-hydrogen) atoms. The van der Waals surface area contributed by atoms with Crippen molar-refractivity contribution in [2.24, 2.45) is 16.4 Å². The van der Waals surface area contributed by atoms with Crippen molar-refractivity contribution in [1.29, 1.82) is 0 Å². The molecule has 0 spiro atoms. The molecular weight excluding hydrogens is 307 g/mol. The van der Waals surface area contributed by atoms with Gasteiger partial charge in [-0.1, -0.05) is 19.3 Å². The van der Waals surface area contributed by atoms with E-state index in [9.17, 15) is 14.0 Å². The average molecular weight is 330 g/mol. The Labute approximate surface area is 141 Å². The Bertz CT molecular complexity index is 677. The summed E-state index contributed by atoms with van der Waals surface area (Å²) >= 11 is 0. The van der Waals surface area contributed by atoms with Gasteiger partial charge in [-0.05, 0) is 56.9 Å². The maximum Gasteiger partial charge on any atom is 0.255 e. The van der Waals surface area contributed by atoms with Crippen molar-refractivity contribution >= 4 is 17.4 Å². The van der Waals surface area contributed by atoms with Gasteiger partial charge >= 0.3 is 0 Å². The van der Waals surface area contributed by atoms with E-state index >= 15 is 0 Å². The molecule has 0 N–H and O–H groups in total. The molecule has 0 saturated heterocycles. The summed E-state index contributed by atoms with van der Waals surface area (Å²) in [5.74, 6) is -0.397. The van der Waals surface area contributed by atoms with Gasteiger partial charge in [-0.15, -0.1) is 0 Å². The third kappa shape index (κ3) is 2.87. The van der Waals surface area contributed by atoms with Crippen LogP contribution in [0.5, 0.6) is 0 Å². The fourth-order valence-electron chi connectivity index (χ4n) is 3.87. The molecule has 1 saturated carbocycles. The van der Waals surface area contributed by atoms with Gasteiger partial charge < -0.3 is 0 Å². The van der Waals surface area contributed by atoms with Crippen molar-refractivity contribution in [3.8, 4) is 0 Å². The highest BCUT2D eigenvalue weighted by molar-refractivity contribution is 6.12. The Kier molecular flexibility index (Phi) is 4.52. The van der Waals surface area contributed by atoms with E-state index in [0.717, 1.165) is 31.4 Å². The third-order valence-corrected chi connectivity index (χ3v) is 5.58. The van der Waals surface area contributed by atoms with E-state index in [2.05, 4.69) is 5.10 Å². The minimum atomic E-state index is -0.594. The van der Waals surface area contributed by atoms with Gasteiger partial charge in [0.2, 0.25) is 0 Å². The predicted molar refractivity (Wildman–Crippen MR) is 90.2 cm³/mol. The molecule has 1 aromatic carbocycles. The number of Topliss-reactive ketones (excluding diaryl/α,β-unsaturated/α-hetero) is 1. The Morgan fingerprint density at radius 1 is 1.25 bits per heavy atom. The van der Waals surface area contributed by atoms with Gasteiger partial charge in [-0.2, -0.15) is 5.10 Å². The molecule has 0 aromatic heterocycles. The van der Waals surface area contributed by atoms with Crippen molar-refractivity contribution in [3.05, 3.63) is 35.6 Å². The molecule has 5 heteroatoms. The van der Waals surface area contributed by atoms with Crippen molar-refractivity contribution in [2.75, 3.05) is 6.54 Å². The first-order chi connectivity index (χ1) is 11.4. The maximum absolute atomic E-state index is 13.0. The summed E-state index contributed by atoms with van der Waals surface area (Å²) < 4.78 is 13.0. The second kappa shape index (κ2) is 6.46. The molecule has 2 aliphatic rings. The Balaban J connectivity index is 1.75. The van der Waals surface area contributed by atoms with E-state index in [1.807, 2.05) is 13.8 Å². The largest absolute Gasteiger partial charge is 0.292 e. The molecule has 1 fully saturated rings. The molecular formula is C19H23FN2O2. The highest BCUT2D eigenvalue weighted by atomic mass is 19.1. The van der Waals surface area contributed by atoms with Gasteiger partial charge in [0.25, 0.3) is 5.91 Å². The van der Waals surface area contributed by atoms with Gasteiger partial charge in [0, 0.05) is 5.56 Å². The zero-order chi connectivity index (χ0) is 17.3. The van der Waals surface area contributed by atoms with E-state index in [-0.39, 0.29) is 24.1 Å². The van der Waals surface area contributed by atoms with Crippen LogP contribution in [0.2, 0.25) is 0 Å². The number of hydrazone groups is 1. The molecule has 1 aromatic rings. The molecule has 1 heterocycles. The van der Waals surface area contributed by atoms with Crippen LogP contribution in [0.15, 0.2) is 29.4 Å². The number of amides is 1.